The lowest BCUT2D eigenvalue weighted by molar-refractivity contribution is 0.0261. The summed E-state index contributed by atoms with van der Waals surface area (Å²) in [7, 11) is 1.65. The molecule has 0 N–H and O–H groups in total. The van der Waals surface area contributed by atoms with Crippen molar-refractivity contribution in [3.8, 4) is 28.4 Å². The minimum atomic E-state index is -0.0364. The van der Waals surface area contributed by atoms with Crippen molar-refractivity contribution in [3.05, 3.63) is 77.2 Å². The lowest BCUT2D eigenvalue weighted by atomic mass is 9.89. The molecule has 0 spiro atoms. The normalized spacial score (nSPS) is 21.0. The summed E-state index contributed by atoms with van der Waals surface area (Å²) in [6, 6.07) is 20.7. The second kappa shape index (κ2) is 14.6. The maximum Gasteiger partial charge on any atom is 0.198 e. The number of methoxy groups -OCH3 is 1. The Bertz CT molecular complexity index is 1620. The second-order valence-electron chi connectivity index (χ2n) is 13.0. The summed E-state index contributed by atoms with van der Waals surface area (Å²) in [5.41, 5.74) is 3.03. The molecule has 3 aromatic carbocycles. The number of ketones is 1. The SMILES string of the molecule is COc1cc(O[C@@H]2CCCC[C@H]2N2CCCCC2)cc(-c2ccc(OCCN3CCCC3)cc2)c1C(=O)c1csc2ccccc12. The van der Waals surface area contributed by atoms with Crippen LogP contribution in [0.1, 0.15) is 73.7 Å². The van der Waals surface area contributed by atoms with E-state index in [0.29, 0.717) is 29.5 Å². The van der Waals surface area contributed by atoms with Crippen LogP contribution >= 0.6 is 11.3 Å². The first-order valence-corrected chi connectivity index (χ1v) is 18.1. The molecule has 3 aliphatic rings. The van der Waals surface area contributed by atoms with Crippen LogP contribution in [0.5, 0.6) is 17.2 Å². The fourth-order valence-electron chi connectivity index (χ4n) is 7.66. The summed E-state index contributed by atoms with van der Waals surface area (Å²) in [6.45, 7) is 6.27. The van der Waals surface area contributed by atoms with E-state index in [9.17, 15) is 4.79 Å². The third-order valence-corrected chi connectivity index (χ3v) is 11.1. The first-order chi connectivity index (χ1) is 22.7. The van der Waals surface area contributed by atoms with Crippen LogP contribution in [0, 0.1) is 0 Å². The van der Waals surface area contributed by atoms with Gasteiger partial charge in [-0.3, -0.25) is 14.6 Å². The van der Waals surface area contributed by atoms with Gasteiger partial charge in [0.1, 0.15) is 30.0 Å². The molecular weight excluding hydrogens is 593 g/mol. The molecule has 2 atom stereocenters. The summed E-state index contributed by atoms with van der Waals surface area (Å²) in [4.78, 5) is 19.6. The van der Waals surface area contributed by atoms with Crippen molar-refractivity contribution < 1.29 is 19.0 Å². The number of hydrogen-bond donors (Lipinski definition) is 0. The smallest absolute Gasteiger partial charge is 0.198 e. The van der Waals surface area contributed by atoms with E-state index in [-0.39, 0.29) is 11.9 Å². The van der Waals surface area contributed by atoms with Crippen molar-refractivity contribution in [2.75, 3.05) is 46.4 Å². The number of rotatable bonds is 11. The predicted molar refractivity (Wildman–Crippen MR) is 187 cm³/mol. The number of piperidine rings is 1. The van der Waals surface area contributed by atoms with Crippen LogP contribution in [0.2, 0.25) is 0 Å². The van der Waals surface area contributed by atoms with E-state index in [1.54, 1.807) is 18.4 Å². The van der Waals surface area contributed by atoms with E-state index in [1.165, 1.54) is 64.5 Å². The van der Waals surface area contributed by atoms with Gasteiger partial charge in [0.25, 0.3) is 0 Å². The Morgan fingerprint density at radius 1 is 0.848 bits per heavy atom. The summed E-state index contributed by atoms with van der Waals surface area (Å²) < 4.78 is 20.1. The van der Waals surface area contributed by atoms with Crippen LogP contribution in [0.15, 0.2) is 66.0 Å². The third kappa shape index (κ3) is 6.83. The highest BCUT2D eigenvalue weighted by Gasteiger charge is 2.33. The van der Waals surface area contributed by atoms with Crippen molar-refractivity contribution >= 4 is 27.2 Å². The summed E-state index contributed by atoms with van der Waals surface area (Å²) in [5.74, 6) is 2.11. The number of nitrogens with zero attached hydrogens (tertiary/aromatic N) is 2. The minimum Gasteiger partial charge on any atom is -0.496 e. The van der Waals surface area contributed by atoms with Gasteiger partial charge in [0.15, 0.2) is 5.78 Å². The molecule has 2 saturated heterocycles. The van der Waals surface area contributed by atoms with Gasteiger partial charge in [-0.15, -0.1) is 11.3 Å². The highest BCUT2D eigenvalue weighted by Crippen LogP contribution is 2.41. The molecule has 7 rings (SSSR count). The number of benzene rings is 3. The maximum atomic E-state index is 14.4. The molecule has 6 nitrogen and oxygen atoms in total. The Labute approximate surface area is 277 Å². The molecule has 0 radical (unpaired) electrons. The number of carbonyl (C=O) groups is 1. The molecule has 3 heterocycles. The van der Waals surface area contributed by atoms with Crippen LogP contribution in [0.3, 0.4) is 0 Å². The number of fused-ring (bicyclic) bond motifs is 1. The van der Waals surface area contributed by atoms with E-state index in [4.69, 9.17) is 14.2 Å². The molecule has 4 aromatic rings. The van der Waals surface area contributed by atoms with Gasteiger partial charge in [0.05, 0.1) is 12.7 Å². The molecule has 7 heteroatoms. The van der Waals surface area contributed by atoms with Gasteiger partial charge in [-0.05, 0) is 101 Å². The number of carbonyl (C=O) groups excluding carboxylic acids is 1. The van der Waals surface area contributed by atoms with E-state index in [2.05, 4.69) is 34.1 Å². The average molecular weight is 639 g/mol. The summed E-state index contributed by atoms with van der Waals surface area (Å²) in [5, 5.41) is 2.95. The predicted octanol–water partition coefficient (Wildman–Crippen LogP) is 8.46. The molecule has 242 valence electrons. The third-order valence-electron chi connectivity index (χ3n) is 10.1. The van der Waals surface area contributed by atoms with Crippen molar-refractivity contribution in [2.45, 2.75) is 69.9 Å². The number of likely N-dealkylation sites (tertiary alicyclic amines) is 2. The lowest BCUT2D eigenvalue weighted by Gasteiger charge is -2.41. The van der Waals surface area contributed by atoms with E-state index < -0.39 is 0 Å². The van der Waals surface area contributed by atoms with Gasteiger partial charge < -0.3 is 14.2 Å². The van der Waals surface area contributed by atoms with Gasteiger partial charge in [-0.2, -0.15) is 0 Å². The van der Waals surface area contributed by atoms with Crippen LogP contribution in [0.25, 0.3) is 21.2 Å². The minimum absolute atomic E-state index is 0.0364. The van der Waals surface area contributed by atoms with Crippen LogP contribution in [0.4, 0.5) is 0 Å². The van der Waals surface area contributed by atoms with Gasteiger partial charge in [-0.25, -0.2) is 0 Å². The molecule has 2 aliphatic heterocycles. The van der Waals surface area contributed by atoms with Crippen LogP contribution in [-0.4, -0.2) is 74.2 Å². The Morgan fingerprint density at radius 3 is 2.41 bits per heavy atom. The van der Waals surface area contributed by atoms with E-state index in [0.717, 1.165) is 58.8 Å². The van der Waals surface area contributed by atoms with Crippen LogP contribution in [-0.2, 0) is 0 Å². The van der Waals surface area contributed by atoms with Gasteiger partial charge >= 0.3 is 0 Å². The quantitative estimate of drug-likeness (QED) is 0.154. The molecular formula is C39H46N2O4S. The molecule has 1 aromatic heterocycles. The zero-order valence-electron chi connectivity index (χ0n) is 27.0. The van der Waals surface area contributed by atoms with Gasteiger partial charge in [0, 0.05) is 45.2 Å². The van der Waals surface area contributed by atoms with Crippen molar-refractivity contribution in [1.82, 2.24) is 9.80 Å². The first kappa shape index (κ1) is 31.2. The number of thiophene rings is 1. The highest BCUT2D eigenvalue weighted by molar-refractivity contribution is 7.17. The molecule has 0 unspecified atom stereocenters. The fourth-order valence-corrected chi connectivity index (χ4v) is 8.60. The summed E-state index contributed by atoms with van der Waals surface area (Å²) in [6.07, 6.45) is 11.2. The average Bonchev–Trinajstić information content (AvgIpc) is 3.79. The molecule has 3 fully saturated rings. The summed E-state index contributed by atoms with van der Waals surface area (Å²) >= 11 is 1.60. The Kier molecular flexibility index (Phi) is 9.89. The Hall–Kier alpha value is -3.39. The Morgan fingerprint density at radius 2 is 1.61 bits per heavy atom. The maximum absolute atomic E-state index is 14.4. The van der Waals surface area contributed by atoms with Crippen LogP contribution < -0.4 is 14.2 Å². The molecule has 1 aliphatic carbocycles. The molecule has 46 heavy (non-hydrogen) atoms. The lowest BCUT2D eigenvalue weighted by Crippen LogP contribution is -2.49. The largest absolute Gasteiger partial charge is 0.496 e. The van der Waals surface area contributed by atoms with Crippen molar-refractivity contribution in [1.29, 1.82) is 0 Å². The van der Waals surface area contributed by atoms with Crippen molar-refractivity contribution in [2.24, 2.45) is 0 Å². The highest BCUT2D eigenvalue weighted by atomic mass is 32.1. The van der Waals surface area contributed by atoms with E-state index in [1.807, 2.05) is 41.8 Å². The Balaban J connectivity index is 1.22. The topological polar surface area (TPSA) is 51.2 Å². The number of hydrogen-bond acceptors (Lipinski definition) is 7. The van der Waals surface area contributed by atoms with Gasteiger partial charge in [-0.1, -0.05) is 43.2 Å². The molecule has 1 saturated carbocycles. The zero-order valence-corrected chi connectivity index (χ0v) is 27.9. The molecule has 0 amide bonds. The van der Waals surface area contributed by atoms with Gasteiger partial charge in [0.2, 0.25) is 0 Å². The second-order valence-corrected chi connectivity index (χ2v) is 14.0. The molecule has 0 bridgehead atoms. The fraction of sp³-hybridized carbons (Fsp3) is 0.462. The monoisotopic (exact) mass is 638 g/mol. The number of ether oxygens (including phenoxy) is 3. The van der Waals surface area contributed by atoms with E-state index >= 15 is 0 Å². The zero-order chi connectivity index (χ0) is 31.3. The van der Waals surface area contributed by atoms with Crippen molar-refractivity contribution in [3.63, 3.8) is 0 Å². The first-order valence-electron chi connectivity index (χ1n) is 17.3. The standard InChI is InChI=1S/C39H46N2O4S/c1-43-36-26-30(45-35-13-5-4-12-34(35)41-21-7-2-8-22-41)25-32(38(36)39(42)33-27-46-37-14-6-3-11-31(33)37)28-15-17-29(18-16-28)44-24-23-40-19-9-10-20-40/h3,6,11,14-18,25-27,34-35H,2,4-5,7-10,12-13,19-24H2,1H3/t34-,35-/m1/s1.